The molecule has 0 unspecified atom stereocenters. The zero-order valence-corrected chi connectivity index (χ0v) is 16.4. The van der Waals surface area contributed by atoms with E-state index in [0.29, 0.717) is 17.7 Å². The lowest BCUT2D eigenvalue weighted by Gasteiger charge is -2.13. The molecule has 1 N–H and O–H groups in total. The van der Waals surface area contributed by atoms with E-state index in [1.807, 2.05) is 12.1 Å². The first-order chi connectivity index (χ1) is 13.5. The summed E-state index contributed by atoms with van der Waals surface area (Å²) in [6.45, 7) is 0. The average Bonchev–Trinajstić information content (AvgIpc) is 3.32. The van der Waals surface area contributed by atoms with Gasteiger partial charge >= 0.3 is 0 Å². The Kier molecular flexibility index (Phi) is 5.14. The summed E-state index contributed by atoms with van der Waals surface area (Å²) in [4.78, 5) is 13.6. The summed E-state index contributed by atoms with van der Waals surface area (Å²) in [5, 5.41) is 13.9. The molecule has 1 fully saturated rings. The smallest absolute Gasteiger partial charge is 0.256 e. The van der Waals surface area contributed by atoms with Gasteiger partial charge in [-0.1, -0.05) is 12.1 Å². The lowest BCUT2D eigenvalue weighted by molar-refractivity contribution is 0.102. The fraction of sp³-hybridized carbons (Fsp3) is 0.222. The molecule has 3 aromatic rings. The number of rotatable bonds is 5. The van der Waals surface area contributed by atoms with E-state index >= 15 is 0 Å². The van der Waals surface area contributed by atoms with Gasteiger partial charge < -0.3 is 5.32 Å². The summed E-state index contributed by atoms with van der Waals surface area (Å²) in [5.74, 6) is 0.137. The van der Waals surface area contributed by atoms with E-state index in [0.717, 1.165) is 10.6 Å². The largest absolute Gasteiger partial charge is 0.322 e. The Balaban J connectivity index is 1.48. The molecule has 0 saturated carbocycles. The number of hydrogen-bond acceptors (Lipinski definition) is 7. The van der Waals surface area contributed by atoms with Crippen molar-refractivity contribution in [3.63, 3.8) is 0 Å². The van der Waals surface area contributed by atoms with Gasteiger partial charge in [0.2, 0.25) is 0 Å². The summed E-state index contributed by atoms with van der Waals surface area (Å²) in [6, 6.07) is 14.4. The number of nitrogens with one attached hydrogen (secondary N) is 1. The number of benzene rings is 2. The van der Waals surface area contributed by atoms with E-state index in [-0.39, 0.29) is 22.7 Å². The topological polar surface area (TPSA) is 107 Å². The van der Waals surface area contributed by atoms with Crippen LogP contribution in [0, 0.1) is 0 Å². The molecule has 0 radical (unpaired) electrons. The fourth-order valence-corrected chi connectivity index (χ4v) is 6.59. The summed E-state index contributed by atoms with van der Waals surface area (Å²) >= 11 is 1.45. The van der Waals surface area contributed by atoms with Crippen molar-refractivity contribution < 1.29 is 13.2 Å². The van der Waals surface area contributed by atoms with E-state index in [1.165, 1.54) is 22.8 Å². The van der Waals surface area contributed by atoms with Gasteiger partial charge in [-0.15, -0.1) is 16.9 Å². The van der Waals surface area contributed by atoms with Gasteiger partial charge in [0, 0.05) is 15.8 Å². The zero-order chi connectivity index (χ0) is 19.6. The van der Waals surface area contributed by atoms with E-state index in [1.54, 1.807) is 36.4 Å². The highest BCUT2D eigenvalue weighted by Gasteiger charge is 2.29. The van der Waals surface area contributed by atoms with Gasteiger partial charge in [-0.2, -0.15) is 0 Å². The maximum atomic E-state index is 12.8. The van der Waals surface area contributed by atoms with Crippen LogP contribution < -0.4 is 5.32 Å². The Hall–Kier alpha value is -2.72. The molecule has 2 heterocycles. The second-order valence-electron chi connectivity index (χ2n) is 6.39. The van der Waals surface area contributed by atoms with Crippen molar-refractivity contribution in [3.8, 4) is 5.69 Å². The number of carbonyl (C=O) groups excluding carboxylic acids is 1. The highest BCUT2D eigenvalue weighted by atomic mass is 32.2. The number of amides is 1. The molecule has 1 amide bonds. The van der Waals surface area contributed by atoms with Crippen LogP contribution in [0.2, 0.25) is 0 Å². The maximum Gasteiger partial charge on any atom is 0.256 e. The monoisotopic (exact) mass is 415 g/mol. The van der Waals surface area contributed by atoms with Crippen LogP contribution in [0.3, 0.4) is 0 Å². The van der Waals surface area contributed by atoms with Crippen LogP contribution >= 0.6 is 11.8 Å². The van der Waals surface area contributed by atoms with Crippen molar-refractivity contribution in [1.29, 1.82) is 0 Å². The average molecular weight is 416 g/mol. The molecule has 10 heteroatoms. The minimum absolute atomic E-state index is 0.0190. The molecule has 1 saturated heterocycles. The number of anilines is 1. The zero-order valence-electron chi connectivity index (χ0n) is 14.7. The molecule has 144 valence electrons. The Morgan fingerprint density at radius 2 is 1.93 bits per heavy atom. The normalized spacial score (nSPS) is 18.1. The SMILES string of the molecule is O=C(Nc1ccc(-n2cnnn2)cc1)c1ccccc1S[C@@H]1CCS(=O)(=O)C1. The molecule has 1 aliphatic heterocycles. The molecule has 8 nitrogen and oxygen atoms in total. The summed E-state index contributed by atoms with van der Waals surface area (Å²) in [6.07, 6.45) is 2.10. The van der Waals surface area contributed by atoms with E-state index in [9.17, 15) is 13.2 Å². The molecular weight excluding hydrogens is 398 g/mol. The Labute approximate surface area is 166 Å². The summed E-state index contributed by atoms with van der Waals surface area (Å²) in [7, 11) is -2.96. The van der Waals surface area contributed by atoms with Crippen LogP contribution in [-0.2, 0) is 9.84 Å². The van der Waals surface area contributed by atoms with Crippen LogP contribution in [0.5, 0.6) is 0 Å². The maximum absolute atomic E-state index is 12.8. The number of sulfone groups is 1. The van der Waals surface area contributed by atoms with Crippen molar-refractivity contribution in [2.24, 2.45) is 0 Å². The van der Waals surface area contributed by atoms with E-state index in [4.69, 9.17) is 0 Å². The summed E-state index contributed by atoms with van der Waals surface area (Å²) < 4.78 is 24.9. The highest BCUT2D eigenvalue weighted by molar-refractivity contribution is 8.02. The minimum atomic E-state index is -2.96. The van der Waals surface area contributed by atoms with Crippen molar-refractivity contribution in [2.45, 2.75) is 16.6 Å². The first-order valence-electron chi connectivity index (χ1n) is 8.61. The van der Waals surface area contributed by atoms with Gasteiger partial charge in [0.05, 0.1) is 22.8 Å². The quantitative estimate of drug-likeness (QED) is 0.681. The van der Waals surface area contributed by atoms with Crippen LogP contribution in [0.1, 0.15) is 16.8 Å². The standard InChI is InChI=1S/C18H17N5O3S2/c24-18(20-13-5-7-14(8-6-13)23-12-19-21-22-23)16-3-1-2-4-17(16)27-15-9-10-28(25,26)11-15/h1-8,12,15H,9-11H2,(H,20,24)/t15-/m1/s1. The van der Waals surface area contributed by atoms with Crippen LogP contribution in [-0.4, -0.2) is 51.3 Å². The Bertz CT molecular complexity index is 1080. The van der Waals surface area contributed by atoms with Crippen molar-refractivity contribution in [3.05, 3.63) is 60.4 Å². The number of aromatic nitrogens is 4. The minimum Gasteiger partial charge on any atom is -0.322 e. The molecular formula is C18H17N5O3S2. The van der Waals surface area contributed by atoms with Gasteiger partial charge in [-0.05, 0) is 53.2 Å². The lowest BCUT2D eigenvalue weighted by Crippen LogP contribution is -2.14. The second-order valence-corrected chi connectivity index (χ2v) is 9.97. The number of thioether (sulfide) groups is 1. The predicted molar refractivity (Wildman–Crippen MR) is 106 cm³/mol. The van der Waals surface area contributed by atoms with E-state index in [2.05, 4.69) is 20.8 Å². The summed E-state index contributed by atoms with van der Waals surface area (Å²) in [5.41, 5.74) is 1.95. The molecule has 1 aliphatic rings. The van der Waals surface area contributed by atoms with Crippen molar-refractivity contribution in [1.82, 2.24) is 20.2 Å². The molecule has 1 atom stereocenters. The van der Waals surface area contributed by atoms with Gasteiger partial charge in [0.25, 0.3) is 5.91 Å². The third-order valence-corrected chi connectivity index (χ3v) is 7.68. The third-order valence-electron chi connectivity index (χ3n) is 4.35. The fourth-order valence-electron chi connectivity index (χ4n) is 2.97. The molecule has 2 aromatic carbocycles. The van der Waals surface area contributed by atoms with Crippen molar-refractivity contribution >= 4 is 33.2 Å². The number of tetrazole rings is 1. The van der Waals surface area contributed by atoms with Crippen molar-refractivity contribution in [2.75, 3.05) is 16.8 Å². The van der Waals surface area contributed by atoms with Crippen LogP contribution in [0.15, 0.2) is 59.8 Å². The first-order valence-corrected chi connectivity index (χ1v) is 11.3. The van der Waals surface area contributed by atoms with Crippen LogP contribution in [0.4, 0.5) is 5.69 Å². The molecule has 4 rings (SSSR count). The van der Waals surface area contributed by atoms with Crippen LogP contribution in [0.25, 0.3) is 5.69 Å². The number of nitrogens with zero attached hydrogens (tertiary/aromatic N) is 4. The molecule has 0 aliphatic carbocycles. The predicted octanol–water partition coefficient (Wildman–Crippen LogP) is 2.19. The third kappa shape index (κ3) is 4.23. The van der Waals surface area contributed by atoms with Gasteiger partial charge in [0.15, 0.2) is 9.84 Å². The molecule has 0 spiro atoms. The highest BCUT2D eigenvalue weighted by Crippen LogP contribution is 2.33. The van der Waals surface area contributed by atoms with Gasteiger partial charge in [-0.25, -0.2) is 13.1 Å². The molecule has 1 aromatic heterocycles. The molecule has 28 heavy (non-hydrogen) atoms. The lowest BCUT2D eigenvalue weighted by atomic mass is 10.2. The van der Waals surface area contributed by atoms with E-state index < -0.39 is 9.84 Å². The first kappa shape index (κ1) is 18.6. The second kappa shape index (κ2) is 7.72. The Morgan fingerprint density at radius 3 is 2.61 bits per heavy atom. The number of carbonyl (C=O) groups is 1. The Morgan fingerprint density at radius 1 is 1.14 bits per heavy atom. The molecule has 0 bridgehead atoms. The van der Waals surface area contributed by atoms with Gasteiger partial charge in [-0.3, -0.25) is 4.79 Å². The van der Waals surface area contributed by atoms with Gasteiger partial charge in [0.1, 0.15) is 6.33 Å². The number of hydrogen-bond donors (Lipinski definition) is 1.